The maximum Gasteiger partial charge on any atom is 0.255 e. The van der Waals surface area contributed by atoms with Crippen molar-refractivity contribution in [2.24, 2.45) is 0 Å². The quantitative estimate of drug-likeness (QED) is 0.750. The molecule has 0 radical (unpaired) electrons. The van der Waals surface area contributed by atoms with Gasteiger partial charge in [0.25, 0.3) is 5.91 Å². The average Bonchev–Trinajstić information content (AvgIpc) is 3.00. The summed E-state index contributed by atoms with van der Waals surface area (Å²) in [5.41, 5.74) is 1.67. The first-order chi connectivity index (χ1) is 13.8. The molecular formula is C21H25ClN2O4S. The molecule has 1 heterocycles. The summed E-state index contributed by atoms with van der Waals surface area (Å²) in [6.45, 7) is 2.81. The monoisotopic (exact) mass is 436 g/mol. The number of ether oxygens (including phenoxy) is 1. The molecule has 0 spiro atoms. The van der Waals surface area contributed by atoms with E-state index in [1.807, 2.05) is 6.92 Å². The van der Waals surface area contributed by atoms with Crippen LogP contribution in [0.5, 0.6) is 5.75 Å². The van der Waals surface area contributed by atoms with Crippen LogP contribution in [0.2, 0.25) is 5.02 Å². The summed E-state index contributed by atoms with van der Waals surface area (Å²) >= 11 is 6.02. The number of halogens is 1. The number of nitrogens with zero attached hydrogens (tertiary/aromatic N) is 1. The smallest absolute Gasteiger partial charge is 0.255 e. The Morgan fingerprint density at radius 2 is 1.76 bits per heavy atom. The van der Waals surface area contributed by atoms with Crippen molar-refractivity contribution >= 4 is 33.2 Å². The van der Waals surface area contributed by atoms with Gasteiger partial charge in [-0.05, 0) is 55.7 Å². The number of nitrogens with one attached hydrogen (secondary N) is 1. The molecule has 6 nitrogen and oxygen atoms in total. The summed E-state index contributed by atoms with van der Waals surface area (Å²) in [7, 11) is -2.34. The van der Waals surface area contributed by atoms with Gasteiger partial charge in [-0.3, -0.25) is 4.79 Å². The Kier molecular flexibility index (Phi) is 6.82. The number of carbonyl (C=O) groups is 1. The van der Waals surface area contributed by atoms with Crippen LogP contribution in [0.25, 0.3) is 0 Å². The maximum atomic E-state index is 13.2. The summed E-state index contributed by atoms with van der Waals surface area (Å²) in [5.74, 6) is -0.185. The summed E-state index contributed by atoms with van der Waals surface area (Å²) in [6.07, 6.45) is 3.70. The maximum absolute atomic E-state index is 13.2. The van der Waals surface area contributed by atoms with Crippen LogP contribution in [0.4, 0.5) is 5.69 Å². The van der Waals surface area contributed by atoms with Gasteiger partial charge in [0.05, 0.1) is 7.11 Å². The average molecular weight is 437 g/mol. The van der Waals surface area contributed by atoms with Crippen molar-refractivity contribution in [2.45, 2.75) is 37.5 Å². The molecule has 1 N–H and O–H groups in total. The first-order valence-corrected chi connectivity index (χ1v) is 11.4. The first-order valence-electron chi connectivity index (χ1n) is 9.58. The lowest BCUT2D eigenvalue weighted by Gasteiger charge is -2.21. The van der Waals surface area contributed by atoms with Gasteiger partial charge in [-0.15, -0.1) is 0 Å². The molecule has 156 valence electrons. The lowest BCUT2D eigenvalue weighted by molar-refractivity contribution is 0.102. The van der Waals surface area contributed by atoms with Gasteiger partial charge in [0.1, 0.15) is 10.6 Å². The van der Waals surface area contributed by atoms with Crippen molar-refractivity contribution < 1.29 is 17.9 Å². The van der Waals surface area contributed by atoms with Crippen LogP contribution in [0.1, 0.15) is 41.6 Å². The van der Waals surface area contributed by atoms with E-state index < -0.39 is 15.9 Å². The molecule has 29 heavy (non-hydrogen) atoms. The zero-order chi connectivity index (χ0) is 21.0. The molecule has 1 fully saturated rings. The van der Waals surface area contributed by atoms with Crippen molar-refractivity contribution in [2.75, 3.05) is 25.5 Å². The Hall–Kier alpha value is -2.09. The Morgan fingerprint density at radius 1 is 1.07 bits per heavy atom. The normalized spacial score (nSPS) is 15.6. The molecule has 2 aromatic carbocycles. The number of anilines is 1. The molecule has 0 bridgehead atoms. The van der Waals surface area contributed by atoms with E-state index in [9.17, 15) is 13.2 Å². The number of sulfonamides is 1. The highest BCUT2D eigenvalue weighted by molar-refractivity contribution is 7.89. The predicted molar refractivity (Wildman–Crippen MR) is 114 cm³/mol. The van der Waals surface area contributed by atoms with Gasteiger partial charge >= 0.3 is 0 Å². The Balaban J connectivity index is 1.94. The second-order valence-corrected chi connectivity index (χ2v) is 9.44. The van der Waals surface area contributed by atoms with Crippen LogP contribution >= 0.6 is 11.6 Å². The van der Waals surface area contributed by atoms with Crippen LogP contribution in [0, 0.1) is 6.92 Å². The van der Waals surface area contributed by atoms with E-state index >= 15 is 0 Å². The zero-order valence-electron chi connectivity index (χ0n) is 16.6. The molecule has 1 saturated heterocycles. The van der Waals surface area contributed by atoms with Crippen molar-refractivity contribution in [3.8, 4) is 5.75 Å². The fourth-order valence-electron chi connectivity index (χ4n) is 3.36. The lowest BCUT2D eigenvalue weighted by atomic mass is 10.1. The largest absolute Gasteiger partial charge is 0.495 e. The lowest BCUT2D eigenvalue weighted by Crippen LogP contribution is -2.32. The van der Waals surface area contributed by atoms with Crippen LogP contribution in [0.15, 0.2) is 41.3 Å². The van der Waals surface area contributed by atoms with Crippen LogP contribution in [-0.4, -0.2) is 38.8 Å². The molecule has 0 atom stereocenters. The van der Waals surface area contributed by atoms with Crippen molar-refractivity contribution in [1.29, 1.82) is 0 Å². The number of hydrogen-bond acceptors (Lipinski definition) is 4. The van der Waals surface area contributed by atoms with E-state index in [0.717, 1.165) is 31.2 Å². The van der Waals surface area contributed by atoms with Gasteiger partial charge in [0.15, 0.2) is 0 Å². The Bertz CT molecular complexity index is 1000. The van der Waals surface area contributed by atoms with Gasteiger partial charge < -0.3 is 10.1 Å². The molecule has 0 aromatic heterocycles. The highest BCUT2D eigenvalue weighted by Crippen LogP contribution is 2.30. The number of benzene rings is 2. The van der Waals surface area contributed by atoms with Gasteiger partial charge in [-0.2, -0.15) is 4.31 Å². The zero-order valence-corrected chi connectivity index (χ0v) is 18.1. The minimum Gasteiger partial charge on any atom is -0.495 e. The predicted octanol–water partition coefficient (Wildman–Crippen LogP) is 4.47. The van der Waals surface area contributed by atoms with E-state index in [0.29, 0.717) is 23.8 Å². The minimum atomic E-state index is -3.76. The molecular weight excluding hydrogens is 412 g/mol. The molecule has 1 amide bonds. The number of rotatable bonds is 5. The van der Waals surface area contributed by atoms with E-state index in [-0.39, 0.29) is 16.2 Å². The van der Waals surface area contributed by atoms with Crippen molar-refractivity contribution in [3.05, 3.63) is 52.5 Å². The second kappa shape index (κ2) is 9.15. The molecule has 1 aliphatic heterocycles. The van der Waals surface area contributed by atoms with Crippen molar-refractivity contribution in [1.82, 2.24) is 4.31 Å². The van der Waals surface area contributed by atoms with Crippen LogP contribution in [0.3, 0.4) is 0 Å². The highest BCUT2D eigenvalue weighted by atomic mass is 35.5. The summed E-state index contributed by atoms with van der Waals surface area (Å²) < 4.78 is 33.3. The molecule has 0 aliphatic carbocycles. The Morgan fingerprint density at radius 3 is 2.41 bits per heavy atom. The minimum absolute atomic E-state index is 0.0115. The third-order valence-corrected chi connectivity index (χ3v) is 7.21. The third kappa shape index (κ3) is 4.91. The molecule has 1 aliphatic rings. The number of methoxy groups -OCH3 is 1. The van der Waals surface area contributed by atoms with Gasteiger partial charge in [-0.1, -0.05) is 30.5 Å². The fraction of sp³-hybridized carbons (Fsp3) is 0.381. The first kappa shape index (κ1) is 21.6. The van der Waals surface area contributed by atoms with Gasteiger partial charge in [-0.25, -0.2) is 8.42 Å². The summed E-state index contributed by atoms with van der Waals surface area (Å²) in [6, 6.07) is 9.66. The number of aryl methyl sites for hydroxylation is 1. The van der Waals surface area contributed by atoms with E-state index in [4.69, 9.17) is 16.3 Å². The molecule has 0 unspecified atom stereocenters. The SMILES string of the molecule is COc1ccc(C(=O)Nc2cc(Cl)ccc2C)cc1S(=O)(=O)N1CCCCCC1. The summed E-state index contributed by atoms with van der Waals surface area (Å²) in [4.78, 5) is 12.8. The third-order valence-electron chi connectivity index (χ3n) is 5.06. The fourth-order valence-corrected chi connectivity index (χ4v) is 5.23. The van der Waals surface area contributed by atoms with Gasteiger partial charge in [0.2, 0.25) is 10.0 Å². The number of carbonyl (C=O) groups excluding carboxylic acids is 1. The highest BCUT2D eigenvalue weighted by Gasteiger charge is 2.29. The standard InChI is InChI=1S/C21H25ClN2O4S/c1-15-7-9-17(22)14-18(15)23-21(25)16-8-10-19(28-2)20(13-16)29(26,27)24-11-5-3-4-6-12-24/h7-10,13-14H,3-6,11-12H2,1-2H3,(H,23,25). The van der Waals surface area contributed by atoms with Crippen LogP contribution in [-0.2, 0) is 10.0 Å². The van der Waals surface area contributed by atoms with Crippen molar-refractivity contribution in [3.63, 3.8) is 0 Å². The number of amides is 1. The molecule has 3 rings (SSSR count). The van der Waals surface area contributed by atoms with Gasteiger partial charge in [0, 0.05) is 29.4 Å². The summed E-state index contributed by atoms with van der Waals surface area (Å²) in [5, 5.41) is 3.31. The van der Waals surface area contributed by atoms with E-state index in [2.05, 4.69) is 5.32 Å². The topological polar surface area (TPSA) is 75.7 Å². The Labute approximate surface area is 176 Å². The second-order valence-electron chi connectivity index (χ2n) is 7.10. The van der Waals surface area contributed by atoms with E-state index in [1.54, 1.807) is 24.3 Å². The van der Waals surface area contributed by atoms with E-state index in [1.165, 1.54) is 23.5 Å². The molecule has 8 heteroatoms. The molecule has 0 saturated carbocycles. The van der Waals surface area contributed by atoms with Crippen LogP contribution < -0.4 is 10.1 Å². The number of hydrogen-bond donors (Lipinski definition) is 1. The molecule has 2 aromatic rings.